The molecule has 0 saturated carbocycles. The van der Waals surface area contributed by atoms with Crippen molar-refractivity contribution in [2.75, 3.05) is 4.72 Å². The van der Waals surface area contributed by atoms with Crippen molar-refractivity contribution in [3.8, 4) is 0 Å². The van der Waals surface area contributed by atoms with Crippen molar-refractivity contribution < 1.29 is 13.2 Å². The molecule has 0 aliphatic carbocycles. The molecule has 2 rings (SSSR count). The van der Waals surface area contributed by atoms with Gasteiger partial charge in [-0.3, -0.25) is 15.3 Å². The average Bonchev–Trinajstić information content (AvgIpc) is 2.39. The van der Waals surface area contributed by atoms with Crippen LogP contribution in [0.15, 0.2) is 59.5 Å². The highest BCUT2D eigenvalue weighted by Gasteiger charge is 2.13. The van der Waals surface area contributed by atoms with Gasteiger partial charge in [0.2, 0.25) is 0 Å². The van der Waals surface area contributed by atoms with Gasteiger partial charge in [0.15, 0.2) is 0 Å². The Morgan fingerprint density at radius 3 is 2.32 bits per heavy atom. The molecule has 1 amide bonds. The largest absolute Gasteiger partial charge is 0.280 e. The zero-order chi connectivity index (χ0) is 13.9. The molecule has 0 aliphatic rings. The number of carbonyl (C=O) groups excluding carboxylic acids is 1. The zero-order valence-electron chi connectivity index (χ0n) is 9.83. The van der Waals surface area contributed by atoms with Crippen LogP contribution in [0.4, 0.5) is 5.69 Å². The van der Waals surface area contributed by atoms with E-state index in [9.17, 15) is 13.2 Å². The number of anilines is 1. The Bertz CT molecular complexity index is 697. The van der Waals surface area contributed by atoms with Crippen LogP contribution in [0.3, 0.4) is 0 Å². The summed E-state index contributed by atoms with van der Waals surface area (Å²) < 4.78 is 26.4. The highest BCUT2D eigenvalue weighted by atomic mass is 32.2. The number of rotatable bonds is 4. The number of carbonyl (C=O) groups is 1. The first-order chi connectivity index (χ1) is 8.99. The molecule has 0 heterocycles. The minimum atomic E-state index is -3.68. The first-order valence-corrected chi connectivity index (χ1v) is 6.91. The number of hydrogen-bond acceptors (Lipinski definition) is 3. The fourth-order valence-electron chi connectivity index (χ4n) is 1.54. The van der Waals surface area contributed by atoms with Crippen molar-refractivity contribution in [2.24, 2.45) is 0 Å². The molecule has 0 aliphatic heterocycles. The number of sulfonamides is 1. The molecule has 5 nitrogen and oxygen atoms in total. The van der Waals surface area contributed by atoms with Gasteiger partial charge < -0.3 is 0 Å². The third-order valence-electron chi connectivity index (χ3n) is 2.43. The quantitative estimate of drug-likeness (QED) is 0.924. The summed E-state index contributed by atoms with van der Waals surface area (Å²) in [6, 6.07) is 13.7. The smallest absolute Gasteiger partial charge is 0.269 e. The van der Waals surface area contributed by atoms with Gasteiger partial charge in [0, 0.05) is 11.3 Å². The third-order valence-corrected chi connectivity index (χ3v) is 3.83. The Hall–Kier alpha value is -2.34. The Labute approximate surface area is 111 Å². The minimum absolute atomic E-state index is 0.133. The predicted molar refractivity (Wildman–Crippen MR) is 71.1 cm³/mol. The molecule has 0 spiro atoms. The summed E-state index contributed by atoms with van der Waals surface area (Å²) in [6.07, 6.45) is 0. The highest BCUT2D eigenvalue weighted by Crippen LogP contribution is 2.16. The fraction of sp³-hybridized carbons (Fsp3) is 0. The van der Waals surface area contributed by atoms with Crippen LogP contribution in [0.5, 0.6) is 0 Å². The molecule has 97 valence electrons. The van der Waals surface area contributed by atoms with E-state index in [1.54, 1.807) is 18.2 Å². The third kappa shape index (κ3) is 3.11. The molecule has 0 atom stereocenters. The lowest BCUT2D eigenvalue weighted by atomic mass is 10.2. The molecule has 1 radical (unpaired) electrons. The van der Waals surface area contributed by atoms with Gasteiger partial charge in [-0.05, 0) is 30.3 Å². The monoisotopic (exact) mass is 275 g/mol. The van der Waals surface area contributed by atoms with E-state index in [1.807, 2.05) is 0 Å². The summed E-state index contributed by atoms with van der Waals surface area (Å²) in [4.78, 5) is 11.1. The van der Waals surface area contributed by atoms with Crippen LogP contribution in [-0.2, 0) is 10.0 Å². The van der Waals surface area contributed by atoms with Gasteiger partial charge in [0.25, 0.3) is 15.9 Å². The van der Waals surface area contributed by atoms with E-state index in [4.69, 9.17) is 5.73 Å². The van der Waals surface area contributed by atoms with Crippen LogP contribution in [0.1, 0.15) is 10.4 Å². The molecular weight excluding hydrogens is 264 g/mol. The zero-order valence-corrected chi connectivity index (χ0v) is 10.6. The summed E-state index contributed by atoms with van der Waals surface area (Å²) >= 11 is 0. The lowest BCUT2D eigenvalue weighted by molar-refractivity contribution is 0.0992. The molecule has 0 fully saturated rings. The van der Waals surface area contributed by atoms with Gasteiger partial charge in [-0.25, -0.2) is 8.42 Å². The van der Waals surface area contributed by atoms with Gasteiger partial charge in [-0.15, -0.1) is 0 Å². The topological polar surface area (TPSA) is 87.0 Å². The summed E-state index contributed by atoms with van der Waals surface area (Å²) in [6.45, 7) is 0. The molecule has 0 unspecified atom stereocenters. The standard InChI is InChI=1S/C13H11N2O3S/c14-13(16)10-5-4-6-11(9-10)15-19(17,18)12-7-2-1-3-8-12/h1-9,14-15H. The van der Waals surface area contributed by atoms with E-state index >= 15 is 0 Å². The molecule has 2 N–H and O–H groups in total. The normalized spacial score (nSPS) is 10.9. The van der Waals surface area contributed by atoms with Crippen molar-refractivity contribution >= 4 is 21.6 Å². The maximum absolute atomic E-state index is 12.0. The van der Waals surface area contributed by atoms with Crippen molar-refractivity contribution in [2.45, 2.75) is 4.90 Å². The van der Waals surface area contributed by atoms with E-state index in [2.05, 4.69) is 4.72 Å². The van der Waals surface area contributed by atoms with Crippen molar-refractivity contribution in [3.63, 3.8) is 0 Å². The maximum atomic E-state index is 12.0. The molecule has 6 heteroatoms. The van der Waals surface area contributed by atoms with Gasteiger partial charge in [-0.2, -0.15) is 0 Å². The van der Waals surface area contributed by atoms with E-state index < -0.39 is 15.9 Å². The van der Waals surface area contributed by atoms with Gasteiger partial charge in [0.05, 0.1) is 4.90 Å². The van der Waals surface area contributed by atoms with Crippen LogP contribution in [0, 0.1) is 0 Å². The Morgan fingerprint density at radius 2 is 1.68 bits per heavy atom. The number of hydrogen-bond donors (Lipinski definition) is 1. The van der Waals surface area contributed by atoms with E-state index in [1.165, 1.54) is 36.4 Å². The van der Waals surface area contributed by atoms with Crippen LogP contribution < -0.4 is 10.5 Å². The lowest BCUT2D eigenvalue weighted by Gasteiger charge is -2.08. The number of amides is 1. The van der Waals surface area contributed by atoms with Gasteiger partial charge in [0.1, 0.15) is 0 Å². The number of benzene rings is 2. The molecular formula is C13H11N2O3S. The second-order valence-electron chi connectivity index (χ2n) is 3.83. The highest BCUT2D eigenvalue weighted by molar-refractivity contribution is 7.92. The Morgan fingerprint density at radius 1 is 1.00 bits per heavy atom. The van der Waals surface area contributed by atoms with Gasteiger partial charge >= 0.3 is 0 Å². The average molecular weight is 275 g/mol. The number of nitrogens with one attached hydrogen (secondary N) is 2. The summed E-state index contributed by atoms with van der Waals surface area (Å²) in [5.41, 5.74) is 7.38. The van der Waals surface area contributed by atoms with E-state index in [0.29, 0.717) is 0 Å². The van der Waals surface area contributed by atoms with Crippen molar-refractivity contribution in [1.82, 2.24) is 5.73 Å². The van der Waals surface area contributed by atoms with Crippen LogP contribution in [0.2, 0.25) is 0 Å². The maximum Gasteiger partial charge on any atom is 0.269 e. The van der Waals surface area contributed by atoms with E-state index in [0.717, 1.165) is 0 Å². The SMILES string of the molecule is [NH]C(=O)c1cccc(NS(=O)(=O)c2ccccc2)c1. The van der Waals surface area contributed by atoms with Crippen LogP contribution >= 0.6 is 0 Å². The predicted octanol–water partition coefficient (Wildman–Crippen LogP) is 1.91. The first-order valence-electron chi connectivity index (χ1n) is 5.43. The molecule has 0 aromatic heterocycles. The van der Waals surface area contributed by atoms with E-state index in [-0.39, 0.29) is 16.1 Å². The molecule has 0 saturated heterocycles. The summed E-state index contributed by atoms with van der Waals surface area (Å²) in [5, 5.41) is 0. The summed E-state index contributed by atoms with van der Waals surface area (Å²) in [5.74, 6) is -0.860. The lowest BCUT2D eigenvalue weighted by Crippen LogP contribution is -2.13. The van der Waals surface area contributed by atoms with Crippen LogP contribution in [-0.4, -0.2) is 14.3 Å². The Balaban J connectivity index is 2.31. The second-order valence-corrected chi connectivity index (χ2v) is 5.51. The Kier molecular flexibility index (Phi) is 3.52. The summed E-state index contributed by atoms with van der Waals surface area (Å²) in [7, 11) is -3.68. The molecule has 2 aromatic carbocycles. The van der Waals surface area contributed by atoms with Crippen molar-refractivity contribution in [1.29, 1.82) is 0 Å². The molecule has 2 aromatic rings. The van der Waals surface area contributed by atoms with Gasteiger partial charge in [-0.1, -0.05) is 24.3 Å². The molecule has 19 heavy (non-hydrogen) atoms. The van der Waals surface area contributed by atoms with Crippen LogP contribution in [0.25, 0.3) is 0 Å². The molecule has 0 bridgehead atoms. The fourth-order valence-corrected chi connectivity index (χ4v) is 2.61. The minimum Gasteiger partial charge on any atom is -0.280 e. The first kappa shape index (κ1) is 13.1. The second kappa shape index (κ2) is 5.11. The van der Waals surface area contributed by atoms with Crippen molar-refractivity contribution in [3.05, 3.63) is 60.2 Å².